The van der Waals surface area contributed by atoms with Crippen molar-refractivity contribution in [2.24, 2.45) is 17.6 Å². The van der Waals surface area contributed by atoms with Crippen molar-refractivity contribution in [2.75, 3.05) is 13.1 Å². The molecule has 1 saturated carbocycles. The van der Waals surface area contributed by atoms with Gasteiger partial charge in [0.15, 0.2) is 0 Å². The molecule has 1 saturated heterocycles. The van der Waals surface area contributed by atoms with Crippen LogP contribution in [-0.4, -0.2) is 33.8 Å². The number of nitrogens with zero attached hydrogens (tertiary/aromatic N) is 3. The van der Waals surface area contributed by atoms with Crippen LogP contribution in [0.2, 0.25) is 0 Å². The quantitative estimate of drug-likeness (QED) is 0.927. The number of aryl methyl sites for hydroxylation is 1. The third kappa shape index (κ3) is 3.35. The second-order valence-electron chi connectivity index (χ2n) is 6.32. The van der Waals surface area contributed by atoms with Gasteiger partial charge in [-0.25, -0.2) is 0 Å². The van der Waals surface area contributed by atoms with Crippen molar-refractivity contribution in [3.8, 4) is 0 Å². The van der Waals surface area contributed by atoms with E-state index in [-0.39, 0.29) is 12.4 Å². The molecule has 3 rings (SSSR count). The van der Waals surface area contributed by atoms with E-state index in [0.717, 1.165) is 31.3 Å². The highest BCUT2D eigenvalue weighted by molar-refractivity contribution is 5.85. The molecule has 2 heterocycles. The van der Waals surface area contributed by atoms with Gasteiger partial charge in [-0.05, 0) is 31.1 Å². The van der Waals surface area contributed by atoms with Crippen molar-refractivity contribution in [3.63, 3.8) is 0 Å². The molecule has 0 spiro atoms. The predicted molar refractivity (Wildman–Crippen MR) is 83.8 cm³/mol. The van der Waals surface area contributed by atoms with E-state index in [1.807, 2.05) is 6.20 Å². The molecule has 4 nitrogen and oxygen atoms in total. The SMILES string of the molecule is CCCn1cc(CN2CC3CCCC(N)C3C2)cn1.Cl. The Bertz CT molecular complexity index is 420. The summed E-state index contributed by atoms with van der Waals surface area (Å²) in [5, 5.41) is 4.42. The van der Waals surface area contributed by atoms with E-state index in [9.17, 15) is 0 Å². The van der Waals surface area contributed by atoms with Gasteiger partial charge < -0.3 is 5.73 Å². The topological polar surface area (TPSA) is 47.1 Å². The number of fused-ring (bicyclic) bond motifs is 1. The van der Waals surface area contributed by atoms with E-state index >= 15 is 0 Å². The number of rotatable bonds is 4. The van der Waals surface area contributed by atoms with Crippen molar-refractivity contribution in [3.05, 3.63) is 18.0 Å². The van der Waals surface area contributed by atoms with E-state index < -0.39 is 0 Å². The average molecular weight is 299 g/mol. The molecule has 2 fully saturated rings. The van der Waals surface area contributed by atoms with Gasteiger partial charge in [0.2, 0.25) is 0 Å². The van der Waals surface area contributed by atoms with E-state index in [4.69, 9.17) is 5.73 Å². The highest BCUT2D eigenvalue weighted by Gasteiger charge is 2.38. The largest absolute Gasteiger partial charge is 0.327 e. The highest BCUT2D eigenvalue weighted by atomic mass is 35.5. The summed E-state index contributed by atoms with van der Waals surface area (Å²) >= 11 is 0. The normalized spacial score (nSPS) is 30.0. The second-order valence-corrected chi connectivity index (χ2v) is 6.32. The van der Waals surface area contributed by atoms with Crippen molar-refractivity contribution >= 4 is 12.4 Å². The van der Waals surface area contributed by atoms with Crippen LogP contribution < -0.4 is 5.73 Å². The highest BCUT2D eigenvalue weighted by Crippen LogP contribution is 2.35. The minimum atomic E-state index is 0. The molecular formula is C15H27ClN4. The van der Waals surface area contributed by atoms with Crippen LogP contribution >= 0.6 is 12.4 Å². The molecule has 1 aromatic heterocycles. The minimum Gasteiger partial charge on any atom is -0.327 e. The number of aromatic nitrogens is 2. The lowest BCUT2D eigenvalue weighted by Crippen LogP contribution is -2.38. The fourth-order valence-electron chi connectivity index (χ4n) is 3.84. The van der Waals surface area contributed by atoms with Gasteiger partial charge in [0.25, 0.3) is 0 Å². The van der Waals surface area contributed by atoms with E-state index in [1.165, 1.54) is 37.9 Å². The molecule has 3 atom stereocenters. The molecular weight excluding hydrogens is 272 g/mol. The second kappa shape index (κ2) is 6.92. The summed E-state index contributed by atoms with van der Waals surface area (Å²) in [5.41, 5.74) is 7.62. The summed E-state index contributed by atoms with van der Waals surface area (Å²) < 4.78 is 2.06. The molecule has 0 aromatic carbocycles. The first-order valence-corrected chi connectivity index (χ1v) is 7.75. The molecule has 114 valence electrons. The monoisotopic (exact) mass is 298 g/mol. The van der Waals surface area contributed by atoms with Gasteiger partial charge in [0, 0.05) is 44.0 Å². The van der Waals surface area contributed by atoms with Crippen LogP contribution in [0.3, 0.4) is 0 Å². The molecule has 0 radical (unpaired) electrons. The van der Waals surface area contributed by atoms with Crippen molar-refractivity contribution in [1.82, 2.24) is 14.7 Å². The zero-order chi connectivity index (χ0) is 13.2. The van der Waals surface area contributed by atoms with Gasteiger partial charge in [0.05, 0.1) is 6.20 Å². The molecule has 5 heteroatoms. The molecule has 3 unspecified atom stereocenters. The molecule has 0 amide bonds. The molecule has 1 aromatic rings. The average Bonchev–Trinajstić information content (AvgIpc) is 2.98. The lowest BCUT2D eigenvalue weighted by atomic mass is 9.78. The van der Waals surface area contributed by atoms with Crippen LogP contribution in [0.15, 0.2) is 12.4 Å². The van der Waals surface area contributed by atoms with Gasteiger partial charge in [-0.3, -0.25) is 9.58 Å². The van der Waals surface area contributed by atoms with E-state index in [1.54, 1.807) is 0 Å². The van der Waals surface area contributed by atoms with E-state index in [2.05, 4.69) is 27.8 Å². The van der Waals surface area contributed by atoms with Crippen molar-refractivity contribution < 1.29 is 0 Å². The first kappa shape index (κ1) is 15.8. The van der Waals surface area contributed by atoms with Crippen LogP contribution in [0, 0.1) is 11.8 Å². The molecule has 1 aliphatic heterocycles. The van der Waals surface area contributed by atoms with Crippen LogP contribution in [0.1, 0.15) is 38.2 Å². The van der Waals surface area contributed by atoms with Gasteiger partial charge in [-0.1, -0.05) is 13.3 Å². The summed E-state index contributed by atoms with van der Waals surface area (Å²) in [4.78, 5) is 2.58. The van der Waals surface area contributed by atoms with Gasteiger partial charge >= 0.3 is 0 Å². The Morgan fingerprint density at radius 3 is 2.95 bits per heavy atom. The third-order valence-corrected chi connectivity index (χ3v) is 4.78. The maximum Gasteiger partial charge on any atom is 0.0534 e. The molecule has 2 N–H and O–H groups in total. The maximum absolute atomic E-state index is 6.28. The fraction of sp³-hybridized carbons (Fsp3) is 0.800. The van der Waals surface area contributed by atoms with Crippen molar-refractivity contribution in [2.45, 2.75) is 51.7 Å². The molecule has 2 aliphatic rings. The summed E-state index contributed by atoms with van der Waals surface area (Å²) in [6.45, 7) is 6.68. The van der Waals surface area contributed by atoms with Crippen LogP contribution in [0.5, 0.6) is 0 Å². The Morgan fingerprint density at radius 1 is 1.35 bits per heavy atom. The number of hydrogen-bond acceptors (Lipinski definition) is 3. The Morgan fingerprint density at radius 2 is 2.20 bits per heavy atom. The molecule has 20 heavy (non-hydrogen) atoms. The first-order chi connectivity index (χ1) is 9.26. The number of hydrogen-bond donors (Lipinski definition) is 1. The lowest BCUT2D eigenvalue weighted by Gasteiger charge is -2.29. The summed E-state index contributed by atoms with van der Waals surface area (Å²) in [7, 11) is 0. The van der Waals surface area contributed by atoms with Crippen LogP contribution in [0.25, 0.3) is 0 Å². The Kier molecular flexibility index (Phi) is 5.47. The van der Waals surface area contributed by atoms with Crippen LogP contribution in [0.4, 0.5) is 0 Å². The molecule has 0 bridgehead atoms. The summed E-state index contributed by atoms with van der Waals surface area (Å²) in [5.74, 6) is 1.58. The maximum atomic E-state index is 6.28. The van der Waals surface area contributed by atoms with Gasteiger partial charge in [-0.2, -0.15) is 5.10 Å². The first-order valence-electron chi connectivity index (χ1n) is 7.75. The number of halogens is 1. The Labute approximate surface area is 128 Å². The third-order valence-electron chi connectivity index (χ3n) is 4.78. The Hall–Kier alpha value is -0.580. The summed E-state index contributed by atoms with van der Waals surface area (Å²) in [6, 6.07) is 0.437. The fourth-order valence-corrected chi connectivity index (χ4v) is 3.84. The van der Waals surface area contributed by atoms with Crippen LogP contribution in [-0.2, 0) is 13.1 Å². The van der Waals surface area contributed by atoms with E-state index in [0.29, 0.717) is 6.04 Å². The van der Waals surface area contributed by atoms with Crippen molar-refractivity contribution in [1.29, 1.82) is 0 Å². The zero-order valence-corrected chi connectivity index (χ0v) is 13.2. The Balaban J connectivity index is 0.00000147. The zero-order valence-electron chi connectivity index (χ0n) is 12.4. The molecule has 1 aliphatic carbocycles. The minimum absolute atomic E-state index is 0. The van der Waals surface area contributed by atoms with Gasteiger partial charge in [0.1, 0.15) is 0 Å². The number of likely N-dealkylation sites (tertiary alicyclic amines) is 1. The summed E-state index contributed by atoms with van der Waals surface area (Å²) in [6.07, 6.45) is 9.30. The number of nitrogens with two attached hydrogens (primary N) is 1. The lowest BCUT2D eigenvalue weighted by molar-refractivity contribution is 0.259. The standard InChI is InChI=1S/C15H26N4.ClH/c1-2-6-19-9-12(7-17-19)8-18-10-13-4-3-5-15(16)14(13)11-18;/h7,9,13-15H,2-6,8,10-11,16H2,1H3;1H. The smallest absolute Gasteiger partial charge is 0.0534 e. The van der Waals surface area contributed by atoms with Gasteiger partial charge in [-0.15, -0.1) is 12.4 Å². The predicted octanol–water partition coefficient (Wildman–Crippen LogP) is 2.27.